The molecule has 0 saturated heterocycles. The average Bonchev–Trinajstić information content (AvgIpc) is 3.32. The number of nitrogens with zero attached hydrogens (tertiary/aromatic N) is 3. The number of aromatic nitrogens is 1. The van der Waals surface area contributed by atoms with E-state index in [9.17, 15) is 24.7 Å². The van der Waals surface area contributed by atoms with Crippen molar-refractivity contribution in [2.75, 3.05) is 19.8 Å². The minimum absolute atomic E-state index is 0.225. The monoisotopic (exact) mass is 659 g/mol. The van der Waals surface area contributed by atoms with Crippen molar-refractivity contribution in [1.29, 1.82) is 10.5 Å². The summed E-state index contributed by atoms with van der Waals surface area (Å²) >= 11 is 3.39. The van der Waals surface area contributed by atoms with Gasteiger partial charge in [0.15, 0.2) is 0 Å². The van der Waals surface area contributed by atoms with Crippen LogP contribution in [0.1, 0.15) is 47.2 Å². The van der Waals surface area contributed by atoms with Gasteiger partial charge in [0.05, 0.1) is 42.1 Å². The Balaban J connectivity index is 0.000000528. The molecule has 0 aliphatic carbocycles. The molecule has 3 rings (SSSR count). The number of hydrogen-bond donors (Lipinski definition) is 5. The summed E-state index contributed by atoms with van der Waals surface area (Å²) in [5.41, 5.74) is 12.5. The van der Waals surface area contributed by atoms with E-state index in [2.05, 4.69) is 22.0 Å². The highest BCUT2D eigenvalue weighted by Crippen LogP contribution is 2.36. The summed E-state index contributed by atoms with van der Waals surface area (Å²) in [4.78, 5) is 41.1. The maximum atomic E-state index is 12.7. The average molecular weight is 660 g/mol. The fourth-order valence-electron chi connectivity index (χ4n) is 3.86. The van der Waals surface area contributed by atoms with Crippen molar-refractivity contribution >= 4 is 58.0 Å². The van der Waals surface area contributed by atoms with Gasteiger partial charge in [-0.05, 0) is 61.9 Å². The molecule has 0 aliphatic heterocycles. The van der Waals surface area contributed by atoms with Crippen molar-refractivity contribution in [2.24, 2.45) is 11.5 Å². The first-order chi connectivity index (χ1) is 19.8. The second-order valence-corrected chi connectivity index (χ2v) is 11.8. The summed E-state index contributed by atoms with van der Waals surface area (Å²) in [6.45, 7) is 0.604. The zero-order chi connectivity index (χ0) is 31.4. The summed E-state index contributed by atoms with van der Waals surface area (Å²) < 4.78 is 18.5. The molecule has 0 bridgehead atoms. The Morgan fingerprint density at radius 2 is 1.90 bits per heavy atom. The highest BCUT2D eigenvalue weighted by Gasteiger charge is 2.21. The molecule has 0 saturated carbocycles. The van der Waals surface area contributed by atoms with Gasteiger partial charge in [-0.2, -0.15) is 10.5 Å². The zero-order valence-electron chi connectivity index (χ0n) is 22.7. The summed E-state index contributed by atoms with van der Waals surface area (Å²) in [5.74, 6) is -0.968. The summed E-state index contributed by atoms with van der Waals surface area (Å²) in [5, 5.41) is 28.0. The van der Waals surface area contributed by atoms with Crippen LogP contribution in [0.3, 0.4) is 0 Å². The summed E-state index contributed by atoms with van der Waals surface area (Å²) in [6, 6.07) is 13.5. The minimum Gasteiger partial charge on any atom is -0.496 e. The van der Waals surface area contributed by atoms with Crippen LogP contribution in [0, 0.1) is 22.7 Å². The Morgan fingerprint density at radius 3 is 2.48 bits per heavy atom. The Kier molecular flexibility index (Phi) is 13.1. The number of hydrogen-bond acceptors (Lipinski definition) is 8. The number of halogens is 1. The second kappa shape index (κ2) is 16.0. The predicted octanol–water partition coefficient (Wildman–Crippen LogP) is 4.08. The van der Waals surface area contributed by atoms with Gasteiger partial charge in [0.2, 0.25) is 5.91 Å². The Morgan fingerprint density at radius 1 is 1.19 bits per heavy atom. The molecule has 2 aromatic carbocycles. The number of allylic oxidation sites excluding steroid dienone is 1. The van der Waals surface area contributed by atoms with Crippen LogP contribution in [-0.4, -0.2) is 57.2 Å². The number of methoxy groups -OCH3 is 1. The molecule has 0 unspecified atom stereocenters. The molecule has 1 atom stereocenters. The molecule has 0 spiro atoms. The van der Waals surface area contributed by atoms with Crippen molar-refractivity contribution < 1.29 is 33.8 Å². The molecule has 0 fully saturated rings. The van der Waals surface area contributed by atoms with Crippen LogP contribution in [0.5, 0.6) is 5.75 Å². The number of ether oxygens (including phenoxy) is 1. The van der Waals surface area contributed by atoms with Crippen molar-refractivity contribution in [3.05, 3.63) is 63.8 Å². The lowest BCUT2D eigenvalue weighted by Crippen LogP contribution is -2.29. The van der Waals surface area contributed by atoms with Crippen molar-refractivity contribution in [2.45, 2.75) is 31.7 Å². The molecule has 0 radical (unpaired) electrons. The van der Waals surface area contributed by atoms with Crippen LogP contribution in [-0.2, 0) is 9.36 Å². The van der Waals surface area contributed by atoms with E-state index < -0.39 is 31.7 Å². The number of unbranched alkanes of at least 4 members (excludes halogenated alkanes) is 1. The van der Waals surface area contributed by atoms with Gasteiger partial charge in [-0.1, -0.05) is 22.4 Å². The molecule has 1 heterocycles. The van der Waals surface area contributed by atoms with E-state index in [1.807, 2.05) is 6.07 Å². The lowest BCUT2D eigenvalue weighted by atomic mass is 10.0. The van der Waals surface area contributed by atoms with Crippen LogP contribution in [0.2, 0.25) is 0 Å². The molecule has 1 aromatic heterocycles. The van der Waals surface area contributed by atoms with E-state index in [4.69, 9.17) is 31.1 Å². The Hall–Kier alpha value is -3.81. The number of carboxylic acid groups (broad SMARTS) is 1. The highest BCUT2D eigenvalue weighted by atomic mass is 79.9. The predicted molar refractivity (Wildman–Crippen MR) is 162 cm³/mol. The van der Waals surface area contributed by atoms with E-state index in [1.54, 1.807) is 42.5 Å². The Bertz CT molecular complexity index is 1600. The van der Waals surface area contributed by atoms with Crippen LogP contribution < -0.4 is 16.2 Å². The fraction of sp³-hybridized carbons (Fsp3) is 0.286. The fourth-order valence-corrected chi connectivity index (χ4v) is 4.70. The SMILES string of the molecule is COc1ccc(C#N)cc1/C=C(\C#N)c1cn(C(=O)CCP(=O)(O)O)c2ccc(Br)cc12.NCCCC[C@H](N)C(=O)O. The molecule has 14 heteroatoms. The van der Waals surface area contributed by atoms with Crippen molar-refractivity contribution in [3.63, 3.8) is 0 Å². The van der Waals surface area contributed by atoms with Gasteiger partial charge in [0.25, 0.3) is 0 Å². The van der Waals surface area contributed by atoms with Gasteiger partial charge in [-0.15, -0.1) is 0 Å². The number of nitrogens with two attached hydrogens (primary N) is 2. The van der Waals surface area contributed by atoms with Gasteiger partial charge in [0.1, 0.15) is 11.8 Å². The number of nitriles is 2. The van der Waals surface area contributed by atoms with Gasteiger partial charge in [-0.25, -0.2) is 0 Å². The molecule has 7 N–H and O–H groups in total. The summed E-state index contributed by atoms with van der Waals surface area (Å²) in [7, 11) is -2.86. The first-order valence-corrected chi connectivity index (χ1v) is 15.2. The number of benzene rings is 2. The van der Waals surface area contributed by atoms with Crippen molar-refractivity contribution in [1.82, 2.24) is 4.57 Å². The number of carbonyl (C=O) groups excluding carboxylic acids is 1. The lowest BCUT2D eigenvalue weighted by Gasteiger charge is -2.06. The maximum Gasteiger partial charge on any atom is 0.326 e. The van der Waals surface area contributed by atoms with E-state index in [-0.39, 0.29) is 12.0 Å². The van der Waals surface area contributed by atoms with Gasteiger partial charge < -0.3 is 31.1 Å². The first-order valence-electron chi connectivity index (χ1n) is 12.6. The van der Waals surface area contributed by atoms with E-state index in [0.717, 1.165) is 17.3 Å². The standard InChI is InChI=1S/C22H17BrN3O5P.C6H14N2O2/c1-31-21-5-2-14(11-24)8-15(21)9-16(12-25)19-13-26(22(27)6-7-32(28,29)30)20-4-3-17(23)10-18(19)20;7-4-2-1-3-5(8)6(9)10/h2-5,8-10,13H,6-7H2,1H3,(H2,28,29,30);5H,1-4,7-8H2,(H,9,10)/b16-9+;/t;5-/m.0/s1. The minimum atomic E-state index is -4.33. The Labute approximate surface area is 251 Å². The normalized spacial score (nSPS) is 12.0. The molecule has 42 heavy (non-hydrogen) atoms. The largest absolute Gasteiger partial charge is 0.496 e. The lowest BCUT2D eigenvalue weighted by molar-refractivity contribution is -0.138. The third-order valence-electron chi connectivity index (χ3n) is 6.01. The van der Waals surface area contributed by atoms with Gasteiger partial charge in [-0.3, -0.25) is 18.7 Å². The summed E-state index contributed by atoms with van der Waals surface area (Å²) in [6.07, 6.45) is 4.29. The maximum absolute atomic E-state index is 12.7. The highest BCUT2D eigenvalue weighted by molar-refractivity contribution is 9.10. The molecule has 3 aromatic rings. The van der Waals surface area contributed by atoms with Crippen LogP contribution in [0.25, 0.3) is 22.6 Å². The molecule has 0 amide bonds. The topological polar surface area (TPSA) is 226 Å². The van der Waals surface area contributed by atoms with Crippen LogP contribution in [0.4, 0.5) is 0 Å². The molecular formula is C28H31BrN5O7P. The zero-order valence-corrected chi connectivity index (χ0v) is 25.2. The number of fused-ring (bicyclic) bond motifs is 1. The van der Waals surface area contributed by atoms with Gasteiger partial charge >= 0.3 is 13.6 Å². The molecule has 0 aliphatic rings. The third-order valence-corrected chi connectivity index (χ3v) is 7.31. The molecule has 12 nitrogen and oxygen atoms in total. The van der Waals surface area contributed by atoms with Crippen LogP contribution >= 0.6 is 23.5 Å². The van der Waals surface area contributed by atoms with Gasteiger partial charge in [0, 0.05) is 33.6 Å². The number of carboxylic acids is 1. The molecular weight excluding hydrogens is 629 g/mol. The third kappa shape index (κ3) is 9.93. The smallest absolute Gasteiger partial charge is 0.326 e. The second-order valence-electron chi connectivity index (χ2n) is 9.07. The number of rotatable bonds is 11. The quantitative estimate of drug-likeness (QED) is 0.112. The molecule has 222 valence electrons. The van der Waals surface area contributed by atoms with Crippen LogP contribution in [0.15, 0.2) is 47.1 Å². The van der Waals surface area contributed by atoms with Crippen molar-refractivity contribution in [3.8, 4) is 17.9 Å². The number of carbonyl (C=O) groups is 2. The van der Waals surface area contributed by atoms with E-state index in [0.29, 0.717) is 46.3 Å². The van der Waals surface area contributed by atoms with E-state index >= 15 is 0 Å². The number of aliphatic carboxylic acids is 1. The first kappa shape index (κ1) is 34.4. The van der Waals surface area contributed by atoms with E-state index in [1.165, 1.54) is 17.9 Å².